The molecule has 0 unspecified atom stereocenters. The molecular weight excluding hydrogens is 438 g/mol. The zero-order valence-corrected chi connectivity index (χ0v) is 18.3. The highest BCUT2D eigenvalue weighted by Crippen LogP contribution is 2.32. The average molecular weight is 461 g/mol. The molecule has 0 saturated carbocycles. The highest BCUT2D eigenvalue weighted by Gasteiger charge is 2.24. The highest BCUT2D eigenvalue weighted by atomic mass is 32.2. The van der Waals surface area contributed by atoms with Crippen LogP contribution in [-0.4, -0.2) is 24.9 Å². The van der Waals surface area contributed by atoms with Crippen LogP contribution in [-0.2, 0) is 23.0 Å². The summed E-state index contributed by atoms with van der Waals surface area (Å²) in [6.07, 6.45) is 2.18. The second kappa shape index (κ2) is 8.79. The fraction of sp³-hybridized carbons (Fsp3) is 0.273. The number of aromatic nitrogens is 2. The van der Waals surface area contributed by atoms with Crippen molar-refractivity contribution < 1.29 is 21.9 Å². The van der Waals surface area contributed by atoms with Gasteiger partial charge in [0, 0.05) is 12.6 Å². The van der Waals surface area contributed by atoms with Crippen LogP contribution in [0.15, 0.2) is 47.6 Å². The van der Waals surface area contributed by atoms with E-state index in [-0.39, 0.29) is 17.8 Å². The maximum absolute atomic E-state index is 14.8. The van der Waals surface area contributed by atoms with Crippen molar-refractivity contribution in [3.8, 4) is 5.75 Å². The number of nitrogens with zero attached hydrogens (tertiary/aromatic N) is 2. The second-order valence-electron chi connectivity index (χ2n) is 7.55. The molecule has 10 heteroatoms. The maximum Gasteiger partial charge on any atom is 0.267 e. The lowest BCUT2D eigenvalue weighted by atomic mass is 9.93. The van der Waals surface area contributed by atoms with E-state index in [0.29, 0.717) is 5.56 Å². The van der Waals surface area contributed by atoms with Crippen molar-refractivity contribution in [2.75, 3.05) is 11.3 Å². The van der Waals surface area contributed by atoms with Crippen LogP contribution in [0.1, 0.15) is 35.3 Å². The van der Waals surface area contributed by atoms with Gasteiger partial charge in [-0.15, -0.1) is 0 Å². The molecule has 2 aromatic carbocycles. The summed E-state index contributed by atoms with van der Waals surface area (Å²) < 4.78 is 61.0. The van der Waals surface area contributed by atoms with E-state index in [2.05, 4.69) is 21.4 Å². The van der Waals surface area contributed by atoms with Gasteiger partial charge < -0.3 is 10.1 Å². The molecule has 0 aliphatic carbocycles. The SMILES string of the molecule is Cc1cc(S(=O)(=O)Nc2ncc(F)cn2)c(F)cc1O[C@H](C)c1cccc2c1CNCC2. The molecule has 0 bridgehead atoms. The molecule has 0 spiro atoms. The minimum Gasteiger partial charge on any atom is -0.486 e. The lowest BCUT2D eigenvalue weighted by molar-refractivity contribution is 0.222. The first-order valence-corrected chi connectivity index (χ1v) is 11.5. The average Bonchev–Trinajstić information content (AvgIpc) is 2.77. The first-order chi connectivity index (χ1) is 15.2. The van der Waals surface area contributed by atoms with Crippen LogP contribution in [0.25, 0.3) is 0 Å². The standard InChI is InChI=1S/C22H22F2N4O3S/c1-13-8-21(32(29,30)28-22-26-10-16(23)11-27-22)19(24)9-20(13)31-14(2)17-5-3-4-15-6-7-25-12-18(15)17/h3-5,8-11,14,25H,6-7,12H2,1-2H3,(H,26,27,28)/t14-/m1/s1. The molecule has 1 atom stereocenters. The van der Waals surface area contributed by atoms with Crippen LogP contribution in [0.4, 0.5) is 14.7 Å². The lowest BCUT2D eigenvalue weighted by Crippen LogP contribution is -2.25. The van der Waals surface area contributed by atoms with Gasteiger partial charge in [-0.05, 0) is 55.1 Å². The first kappa shape index (κ1) is 22.1. The third-order valence-corrected chi connectivity index (χ3v) is 6.63. The number of nitrogens with one attached hydrogen (secondary N) is 2. The Labute approximate surface area is 184 Å². The van der Waals surface area contributed by atoms with Crippen molar-refractivity contribution >= 4 is 16.0 Å². The minimum atomic E-state index is -4.33. The molecule has 0 radical (unpaired) electrons. The van der Waals surface area contributed by atoms with Crippen LogP contribution in [0.2, 0.25) is 0 Å². The number of sulfonamides is 1. The van der Waals surface area contributed by atoms with Gasteiger partial charge in [0.15, 0.2) is 5.82 Å². The van der Waals surface area contributed by atoms with Crippen LogP contribution in [0, 0.1) is 18.6 Å². The summed E-state index contributed by atoms with van der Waals surface area (Å²) in [5.41, 5.74) is 3.88. The lowest BCUT2D eigenvalue weighted by Gasteiger charge is -2.25. The third kappa shape index (κ3) is 4.56. The van der Waals surface area contributed by atoms with Crippen molar-refractivity contribution in [2.24, 2.45) is 0 Å². The van der Waals surface area contributed by atoms with E-state index in [1.54, 1.807) is 6.92 Å². The normalized spacial score (nSPS) is 14.5. The fourth-order valence-electron chi connectivity index (χ4n) is 3.69. The van der Waals surface area contributed by atoms with Crippen LogP contribution < -0.4 is 14.8 Å². The molecule has 168 valence electrons. The second-order valence-corrected chi connectivity index (χ2v) is 9.20. The van der Waals surface area contributed by atoms with Gasteiger partial charge in [-0.3, -0.25) is 0 Å². The van der Waals surface area contributed by atoms with Crippen molar-refractivity contribution in [2.45, 2.75) is 37.8 Å². The molecule has 1 aliphatic heterocycles. The van der Waals surface area contributed by atoms with Crippen molar-refractivity contribution in [3.05, 3.63) is 76.6 Å². The van der Waals surface area contributed by atoms with Gasteiger partial charge in [-0.1, -0.05) is 18.2 Å². The summed E-state index contributed by atoms with van der Waals surface area (Å²) in [5, 5.41) is 3.35. The molecule has 0 saturated heterocycles. The molecule has 0 amide bonds. The molecule has 2 N–H and O–H groups in total. The third-order valence-electron chi connectivity index (χ3n) is 5.29. The number of anilines is 1. The summed E-state index contributed by atoms with van der Waals surface area (Å²) in [6, 6.07) is 8.29. The largest absolute Gasteiger partial charge is 0.486 e. The Morgan fingerprint density at radius 1 is 1.19 bits per heavy atom. The van der Waals surface area contributed by atoms with Crippen LogP contribution >= 0.6 is 0 Å². The topological polar surface area (TPSA) is 93.2 Å². The van der Waals surface area contributed by atoms with Gasteiger partial charge in [0.25, 0.3) is 10.0 Å². The number of fused-ring (bicyclic) bond motifs is 1. The van der Waals surface area contributed by atoms with E-state index in [1.165, 1.54) is 17.2 Å². The molecule has 0 fully saturated rings. The van der Waals surface area contributed by atoms with Gasteiger partial charge in [0.05, 0.1) is 12.4 Å². The molecule has 32 heavy (non-hydrogen) atoms. The molecular formula is C22H22F2N4O3S. The number of halogens is 2. The van der Waals surface area contributed by atoms with Crippen molar-refractivity contribution in [3.63, 3.8) is 0 Å². The van der Waals surface area contributed by atoms with E-state index in [4.69, 9.17) is 4.74 Å². The van der Waals surface area contributed by atoms with E-state index in [9.17, 15) is 17.2 Å². The molecule has 7 nitrogen and oxygen atoms in total. The molecule has 1 aromatic heterocycles. The number of hydrogen-bond acceptors (Lipinski definition) is 6. The van der Waals surface area contributed by atoms with Gasteiger partial charge in [0.2, 0.25) is 5.95 Å². The van der Waals surface area contributed by atoms with Crippen molar-refractivity contribution in [1.82, 2.24) is 15.3 Å². The van der Waals surface area contributed by atoms with Crippen LogP contribution in [0.5, 0.6) is 5.75 Å². The number of ether oxygens (including phenoxy) is 1. The summed E-state index contributed by atoms with van der Waals surface area (Å²) in [5.74, 6) is -1.82. The predicted octanol–water partition coefficient (Wildman–Crippen LogP) is 3.65. The Morgan fingerprint density at radius 2 is 1.94 bits per heavy atom. The molecule has 3 aromatic rings. The Morgan fingerprint density at radius 3 is 2.69 bits per heavy atom. The summed E-state index contributed by atoms with van der Waals surface area (Å²) in [6.45, 7) is 5.17. The zero-order chi connectivity index (χ0) is 22.9. The van der Waals surface area contributed by atoms with Gasteiger partial charge >= 0.3 is 0 Å². The van der Waals surface area contributed by atoms with Gasteiger partial charge in [-0.25, -0.2) is 31.9 Å². The Bertz CT molecular complexity index is 1250. The maximum atomic E-state index is 14.8. The Balaban J connectivity index is 1.58. The van der Waals surface area contributed by atoms with E-state index < -0.39 is 26.6 Å². The Kier molecular flexibility index (Phi) is 6.07. The Hall–Kier alpha value is -3.11. The molecule has 2 heterocycles. The fourth-order valence-corrected chi connectivity index (χ4v) is 4.79. The van der Waals surface area contributed by atoms with Gasteiger partial charge in [-0.2, -0.15) is 0 Å². The quantitative estimate of drug-likeness (QED) is 0.583. The van der Waals surface area contributed by atoms with Crippen LogP contribution in [0.3, 0.4) is 0 Å². The molecule has 1 aliphatic rings. The number of hydrogen-bond donors (Lipinski definition) is 2. The summed E-state index contributed by atoms with van der Waals surface area (Å²) >= 11 is 0. The minimum absolute atomic E-state index is 0.244. The predicted molar refractivity (Wildman–Crippen MR) is 115 cm³/mol. The number of aryl methyl sites for hydroxylation is 1. The monoisotopic (exact) mass is 460 g/mol. The number of rotatable bonds is 6. The zero-order valence-electron chi connectivity index (χ0n) is 17.5. The number of benzene rings is 2. The highest BCUT2D eigenvalue weighted by molar-refractivity contribution is 7.92. The van der Waals surface area contributed by atoms with Gasteiger partial charge in [0.1, 0.15) is 22.6 Å². The van der Waals surface area contributed by atoms with E-state index in [0.717, 1.165) is 43.5 Å². The van der Waals surface area contributed by atoms with E-state index in [1.807, 2.05) is 23.8 Å². The smallest absolute Gasteiger partial charge is 0.267 e. The van der Waals surface area contributed by atoms with E-state index >= 15 is 0 Å². The van der Waals surface area contributed by atoms with Crippen molar-refractivity contribution in [1.29, 1.82) is 0 Å². The molecule has 4 rings (SSSR count). The summed E-state index contributed by atoms with van der Waals surface area (Å²) in [4.78, 5) is 6.50. The first-order valence-electron chi connectivity index (χ1n) is 10.0. The summed E-state index contributed by atoms with van der Waals surface area (Å²) in [7, 11) is -4.33.